The molecule has 0 unspecified atom stereocenters. The zero-order valence-electron chi connectivity index (χ0n) is 9.01. The number of aliphatic carboxylic acids is 1. The summed E-state index contributed by atoms with van der Waals surface area (Å²) < 4.78 is 0. The Hall–Kier alpha value is -1.10. The lowest BCUT2D eigenvalue weighted by atomic mass is 9.77. The molecule has 0 aromatic carbocycles. The van der Waals surface area contributed by atoms with Gasteiger partial charge in [-0.3, -0.25) is 14.9 Å². The van der Waals surface area contributed by atoms with Crippen LogP contribution in [0.5, 0.6) is 0 Å². The van der Waals surface area contributed by atoms with Gasteiger partial charge in [0.05, 0.1) is 6.54 Å². The molecule has 1 amide bonds. The average Bonchev–Trinajstić information content (AvgIpc) is 2.12. The van der Waals surface area contributed by atoms with Crippen LogP contribution in [0, 0.1) is 0 Å². The van der Waals surface area contributed by atoms with Crippen LogP contribution in [0.3, 0.4) is 0 Å². The van der Waals surface area contributed by atoms with Gasteiger partial charge in [-0.25, -0.2) is 0 Å². The van der Waals surface area contributed by atoms with Crippen molar-refractivity contribution < 1.29 is 14.7 Å². The van der Waals surface area contributed by atoms with E-state index in [0.29, 0.717) is 19.4 Å². The fourth-order valence-corrected chi connectivity index (χ4v) is 1.57. The van der Waals surface area contributed by atoms with Crippen molar-refractivity contribution in [2.75, 3.05) is 13.1 Å². The summed E-state index contributed by atoms with van der Waals surface area (Å²) in [5.74, 6) is -0.985. The largest absolute Gasteiger partial charge is 0.480 e. The molecule has 1 aliphatic carbocycles. The van der Waals surface area contributed by atoms with E-state index in [1.54, 1.807) is 0 Å². The Labute approximate surface area is 89.2 Å². The highest BCUT2D eigenvalue weighted by molar-refractivity contribution is 5.82. The molecule has 5 heteroatoms. The molecular formula is C10H18N2O3. The zero-order valence-corrected chi connectivity index (χ0v) is 9.01. The third kappa shape index (κ3) is 2.92. The van der Waals surface area contributed by atoms with E-state index < -0.39 is 11.5 Å². The number of carboxylic acids is 1. The molecule has 0 bridgehead atoms. The normalized spacial score (nSPS) is 17.9. The van der Waals surface area contributed by atoms with Gasteiger partial charge in [-0.2, -0.15) is 0 Å². The lowest BCUT2D eigenvalue weighted by Crippen LogP contribution is -2.59. The smallest absolute Gasteiger partial charge is 0.323 e. The van der Waals surface area contributed by atoms with E-state index in [4.69, 9.17) is 5.11 Å². The monoisotopic (exact) mass is 214 g/mol. The van der Waals surface area contributed by atoms with Crippen LogP contribution < -0.4 is 10.6 Å². The Morgan fingerprint density at radius 3 is 2.47 bits per heavy atom. The van der Waals surface area contributed by atoms with Gasteiger partial charge in [-0.15, -0.1) is 0 Å². The molecular weight excluding hydrogens is 196 g/mol. The molecule has 0 aromatic rings. The SMILES string of the molecule is CCCNC(=O)CNC1(C(=O)O)CCC1. The quantitative estimate of drug-likeness (QED) is 0.586. The van der Waals surface area contributed by atoms with Crippen LogP contribution in [0.15, 0.2) is 0 Å². The summed E-state index contributed by atoms with van der Waals surface area (Å²) in [5.41, 5.74) is -0.844. The van der Waals surface area contributed by atoms with E-state index in [2.05, 4.69) is 10.6 Å². The van der Waals surface area contributed by atoms with E-state index in [9.17, 15) is 9.59 Å². The van der Waals surface area contributed by atoms with Crippen molar-refractivity contribution >= 4 is 11.9 Å². The summed E-state index contributed by atoms with van der Waals surface area (Å²) >= 11 is 0. The van der Waals surface area contributed by atoms with Crippen molar-refractivity contribution in [3.63, 3.8) is 0 Å². The number of nitrogens with one attached hydrogen (secondary N) is 2. The molecule has 86 valence electrons. The Kier molecular flexibility index (Phi) is 4.08. The van der Waals surface area contributed by atoms with Crippen molar-refractivity contribution in [1.29, 1.82) is 0 Å². The number of carboxylic acid groups (broad SMARTS) is 1. The minimum atomic E-state index is -0.850. The number of carbonyl (C=O) groups excluding carboxylic acids is 1. The van der Waals surface area contributed by atoms with Crippen LogP contribution in [0.2, 0.25) is 0 Å². The summed E-state index contributed by atoms with van der Waals surface area (Å²) in [7, 11) is 0. The van der Waals surface area contributed by atoms with Crippen LogP contribution in [-0.4, -0.2) is 35.6 Å². The Bertz CT molecular complexity index is 249. The van der Waals surface area contributed by atoms with Crippen molar-refractivity contribution in [2.45, 2.75) is 38.1 Å². The van der Waals surface area contributed by atoms with Crippen molar-refractivity contribution in [3.8, 4) is 0 Å². The maximum absolute atomic E-state index is 11.2. The minimum absolute atomic E-state index is 0.0896. The van der Waals surface area contributed by atoms with Crippen LogP contribution in [-0.2, 0) is 9.59 Å². The first-order valence-electron chi connectivity index (χ1n) is 5.36. The van der Waals surface area contributed by atoms with Gasteiger partial charge in [0.2, 0.25) is 5.91 Å². The summed E-state index contributed by atoms with van der Waals surface area (Å²) in [4.78, 5) is 22.2. The molecule has 0 aromatic heterocycles. The zero-order chi connectivity index (χ0) is 11.3. The number of hydrogen-bond acceptors (Lipinski definition) is 3. The molecule has 1 saturated carbocycles. The predicted octanol–water partition coefficient (Wildman–Crippen LogP) is 0.109. The molecule has 1 fully saturated rings. The van der Waals surface area contributed by atoms with E-state index in [0.717, 1.165) is 12.8 Å². The number of hydrogen-bond donors (Lipinski definition) is 3. The van der Waals surface area contributed by atoms with Gasteiger partial charge in [0.1, 0.15) is 5.54 Å². The van der Waals surface area contributed by atoms with Crippen molar-refractivity contribution in [1.82, 2.24) is 10.6 Å². The van der Waals surface area contributed by atoms with E-state index in [-0.39, 0.29) is 12.5 Å². The first kappa shape index (κ1) is 12.0. The Balaban J connectivity index is 2.29. The van der Waals surface area contributed by atoms with E-state index >= 15 is 0 Å². The highest BCUT2D eigenvalue weighted by Crippen LogP contribution is 2.31. The number of rotatable bonds is 6. The summed E-state index contributed by atoms with van der Waals surface area (Å²) in [6, 6.07) is 0. The van der Waals surface area contributed by atoms with E-state index in [1.807, 2.05) is 6.92 Å². The number of carbonyl (C=O) groups is 2. The molecule has 15 heavy (non-hydrogen) atoms. The third-order valence-electron chi connectivity index (χ3n) is 2.78. The molecule has 5 nitrogen and oxygen atoms in total. The first-order valence-corrected chi connectivity index (χ1v) is 5.36. The second-order valence-corrected chi connectivity index (χ2v) is 3.94. The van der Waals surface area contributed by atoms with Crippen LogP contribution in [0.25, 0.3) is 0 Å². The van der Waals surface area contributed by atoms with E-state index in [1.165, 1.54) is 0 Å². The summed E-state index contributed by atoms with van der Waals surface area (Å²) in [6.45, 7) is 2.70. The molecule has 0 aliphatic heterocycles. The molecule has 0 saturated heterocycles. The van der Waals surface area contributed by atoms with Gasteiger partial charge in [-0.05, 0) is 25.7 Å². The Morgan fingerprint density at radius 1 is 1.40 bits per heavy atom. The highest BCUT2D eigenvalue weighted by Gasteiger charge is 2.44. The molecule has 1 rings (SSSR count). The van der Waals surface area contributed by atoms with Crippen LogP contribution in [0.4, 0.5) is 0 Å². The number of amides is 1. The Morgan fingerprint density at radius 2 is 2.07 bits per heavy atom. The average molecular weight is 214 g/mol. The van der Waals surface area contributed by atoms with Crippen LogP contribution >= 0.6 is 0 Å². The second-order valence-electron chi connectivity index (χ2n) is 3.94. The second kappa shape index (κ2) is 5.11. The summed E-state index contributed by atoms with van der Waals surface area (Å²) in [6.07, 6.45) is 3.03. The van der Waals surface area contributed by atoms with Crippen molar-refractivity contribution in [3.05, 3.63) is 0 Å². The third-order valence-corrected chi connectivity index (χ3v) is 2.78. The fourth-order valence-electron chi connectivity index (χ4n) is 1.57. The van der Waals surface area contributed by atoms with Gasteiger partial charge in [0.15, 0.2) is 0 Å². The highest BCUT2D eigenvalue weighted by atomic mass is 16.4. The maximum Gasteiger partial charge on any atom is 0.323 e. The van der Waals surface area contributed by atoms with Crippen LogP contribution in [0.1, 0.15) is 32.6 Å². The topological polar surface area (TPSA) is 78.4 Å². The van der Waals surface area contributed by atoms with Crippen molar-refractivity contribution in [2.24, 2.45) is 0 Å². The lowest BCUT2D eigenvalue weighted by molar-refractivity contribution is -0.148. The summed E-state index contributed by atoms with van der Waals surface area (Å²) in [5, 5.41) is 14.5. The molecule has 1 aliphatic rings. The van der Waals surface area contributed by atoms with Gasteiger partial charge >= 0.3 is 5.97 Å². The van der Waals surface area contributed by atoms with Gasteiger partial charge in [0, 0.05) is 6.54 Å². The van der Waals surface area contributed by atoms with Gasteiger partial charge < -0.3 is 10.4 Å². The first-order chi connectivity index (χ1) is 7.10. The standard InChI is InChI=1S/C10H18N2O3/c1-2-6-11-8(13)7-12-10(9(14)15)4-3-5-10/h12H,2-7H2,1H3,(H,11,13)(H,14,15). The molecule has 0 radical (unpaired) electrons. The van der Waals surface area contributed by atoms with Gasteiger partial charge in [-0.1, -0.05) is 6.92 Å². The maximum atomic E-state index is 11.2. The fraction of sp³-hybridized carbons (Fsp3) is 0.800. The predicted molar refractivity (Wildman–Crippen MR) is 55.5 cm³/mol. The lowest BCUT2D eigenvalue weighted by Gasteiger charge is -2.38. The molecule has 0 spiro atoms. The molecule has 0 atom stereocenters. The molecule has 0 heterocycles. The van der Waals surface area contributed by atoms with Gasteiger partial charge in [0.25, 0.3) is 0 Å². The molecule has 3 N–H and O–H groups in total. The minimum Gasteiger partial charge on any atom is -0.480 e.